The molecule has 1 heterocycles. The Bertz CT molecular complexity index is 416. The number of ketones is 1. The van der Waals surface area contributed by atoms with Crippen molar-refractivity contribution in [2.24, 2.45) is 0 Å². The second kappa shape index (κ2) is 5.25. The van der Waals surface area contributed by atoms with E-state index in [4.69, 9.17) is 9.47 Å². The molecule has 0 aromatic heterocycles. The SMILES string of the molecule is COc1ccc(C(=O)C2CNCCO2)cc1F. The quantitative estimate of drug-likeness (QED) is 0.800. The number of nitrogens with one attached hydrogen (secondary N) is 1. The van der Waals surface area contributed by atoms with Gasteiger partial charge in [-0.15, -0.1) is 0 Å². The van der Waals surface area contributed by atoms with Crippen molar-refractivity contribution in [3.05, 3.63) is 29.6 Å². The third kappa shape index (κ3) is 2.62. The summed E-state index contributed by atoms with van der Waals surface area (Å²) in [5.74, 6) is -0.620. The molecule has 1 N–H and O–H groups in total. The van der Waals surface area contributed by atoms with Crippen LogP contribution >= 0.6 is 0 Å². The predicted molar refractivity (Wildman–Crippen MR) is 59.9 cm³/mol. The van der Waals surface area contributed by atoms with Crippen LogP contribution in [0.3, 0.4) is 0 Å². The van der Waals surface area contributed by atoms with Gasteiger partial charge in [0.2, 0.25) is 0 Å². The zero-order chi connectivity index (χ0) is 12.3. The van der Waals surface area contributed by atoms with Gasteiger partial charge in [0.05, 0.1) is 13.7 Å². The molecular weight excluding hydrogens is 225 g/mol. The Hall–Kier alpha value is -1.46. The number of benzene rings is 1. The Morgan fingerprint density at radius 3 is 3.00 bits per heavy atom. The molecule has 0 saturated carbocycles. The van der Waals surface area contributed by atoms with Crippen molar-refractivity contribution in [1.29, 1.82) is 0 Å². The van der Waals surface area contributed by atoms with E-state index < -0.39 is 11.9 Å². The molecule has 1 aliphatic heterocycles. The summed E-state index contributed by atoms with van der Waals surface area (Å²) in [4.78, 5) is 12.0. The van der Waals surface area contributed by atoms with Crippen LogP contribution in [-0.4, -0.2) is 38.7 Å². The van der Waals surface area contributed by atoms with Crippen molar-refractivity contribution >= 4 is 5.78 Å². The minimum absolute atomic E-state index is 0.129. The topological polar surface area (TPSA) is 47.6 Å². The maximum absolute atomic E-state index is 13.4. The summed E-state index contributed by atoms with van der Waals surface area (Å²) in [5.41, 5.74) is 0.303. The zero-order valence-electron chi connectivity index (χ0n) is 9.53. The second-order valence-corrected chi connectivity index (χ2v) is 3.78. The van der Waals surface area contributed by atoms with Crippen molar-refractivity contribution in [2.45, 2.75) is 6.10 Å². The molecule has 4 nitrogen and oxygen atoms in total. The lowest BCUT2D eigenvalue weighted by Gasteiger charge is -2.22. The van der Waals surface area contributed by atoms with Gasteiger partial charge in [0, 0.05) is 18.7 Å². The van der Waals surface area contributed by atoms with Crippen LogP contribution in [0.4, 0.5) is 4.39 Å². The minimum Gasteiger partial charge on any atom is -0.494 e. The van der Waals surface area contributed by atoms with Crippen molar-refractivity contribution in [3.63, 3.8) is 0 Å². The highest BCUT2D eigenvalue weighted by Crippen LogP contribution is 2.19. The van der Waals surface area contributed by atoms with Gasteiger partial charge in [0.1, 0.15) is 6.10 Å². The van der Waals surface area contributed by atoms with E-state index in [1.165, 1.54) is 19.2 Å². The fraction of sp³-hybridized carbons (Fsp3) is 0.417. The molecule has 1 aromatic rings. The average molecular weight is 239 g/mol. The molecule has 1 aromatic carbocycles. The van der Waals surface area contributed by atoms with Gasteiger partial charge in [0.15, 0.2) is 17.3 Å². The van der Waals surface area contributed by atoms with Crippen molar-refractivity contribution < 1.29 is 18.7 Å². The zero-order valence-corrected chi connectivity index (χ0v) is 9.53. The van der Waals surface area contributed by atoms with Gasteiger partial charge < -0.3 is 14.8 Å². The van der Waals surface area contributed by atoms with Crippen LogP contribution in [0.15, 0.2) is 18.2 Å². The van der Waals surface area contributed by atoms with Gasteiger partial charge in [-0.25, -0.2) is 4.39 Å². The number of halogens is 1. The molecule has 0 spiro atoms. The van der Waals surface area contributed by atoms with Crippen LogP contribution < -0.4 is 10.1 Å². The molecule has 1 atom stereocenters. The minimum atomic E-state index is -0.540. The Morgan fingerprint density at radius 1 is 1.59 bits per heavy atom. The first kappa shape index (κ1) is 12.0. The molecule has 17 heavy (non-hydrogen) atoms. The van der Waals surface area contributed by atoms with Gasteiger partial charge >= 0.3 is 0 Å². The fourth-order valence-corrected chi connectivity index (χ4v) is 1.74. The standard InChI is InChI=1S/C12H14FNO3/c1-16-10-3-2-8(6-9(10)13)12(15)11-7-14-4-5-17-11/h2-3,6,11,14H,4-5,7H2,1H3. The summed E-state index contributed by atoms with van der Waals surface area (Å²) in [6, 6.07) is 4.17. The summed E-state index contributed by atoms with van der Waals surface area (Å²) in [6.45, 7) is 1.70. The Kier molecular flexibility index (Phi) is 3.71. The van der Waals surface area contributed by atoms with Gasteiger partial charge in [0.25, 0.3) is 0 Å². The number of ether oxygens (including phenoxy) is 2. The van der Waals surface area contributed by atoms with Crippen LogP contribution in [0.25, 0.3) is 0 Å². The highest BCUT2D eigenvalue weighted by molar-refractivity contribution is 5.99. The van der Waals surface area contributed by atoms with Crippen molar-refractivity contribution in [1.82, 2.24) is 5.32 Å². The first-order valence-corrected chi connectivity index (χ1v) is 5.42. The van der Waals surface area contributed by atoms with E-state index in [-0.39, 0.29) is 11.5 Å². The number of hydrogen-bond acceptors (Lipinski definition) is 4. The number of Topliss-reactive ketones (excluding diaryl/α,β-unsaturated/α-hetero) is 1. The van der Waals surface area contributed by atoms with Crippen LogP contribution in [-0.2, 0) is 4.74 Å². The molecular formula is C12H14FNO3. The number of morpholine rings is 1. The summed E-state index contributed by atoms with van der Waals surface area (Å²) in [6.07, 6.45) is -0.531. The number of methoxy groups -OCH3 is 1. The fourth-order valence-electron chi connectivity index (χ4n) is 1.74. The molecule has 2 rings (SSSR count). The van der Waals surface area contributed by atoms with Crippen LogP contribution in [0.5, 0.6) is 5.75 Å². The number of hydrogen-bond donors (Lipinski definition) is 1. The Labute approximate surface area is 98.7 Å². The molecule has 1 fully saturated rings. The van der Waals surface area contributed by atoms with Crippen LogP contribution in [0, 0.1) is 5.82 Å². The van der Waals surface area contributed by atoms with E-state index in [0.29, 0.717) is 18.7 Å². The van der Waals surface area contributed by atoms with E-state index in [2.05, 4.69) is 5.32 Å². The van der Waals surface area contributed by atoms with Crippen LogP contribution in [0.2, 0.25) is 0 Å². The molecule has 1 saturated heterocycles. The average Bonchev–Trinajstić information content (AvgIpc) is 2.39. The van der Waals surface area contributed by atoms with Gasteiger partial charge in [-0.3, -0.25) is 4.79 Å². The van der Waals surface area contributed by atoms with E-state index >= 15 is 0 Å². The summed E-state index contributed by atoms with van der Waals surface area (Å²) in [7, 11) is 1.38. The Balaban J connectivity index is 2.16. The van der Waals surface area contributed by atoms with Gasteiger partial charge in [-0.1, -0.05) is 0 Å². The molecule has 1 unspecified atom stereocenters. The largest absolute Gasteiger partial charge is 0.494 e. The van der Waals surface area contributed by atoms with Crippen molar-refractivity contribution in [3.8, 4) is 5.75 Å². The molecule has 1 aliphatic rings. The monoisotopic (exact) mass is 239 g/mol. The highest BCUT2D eigenvalue weighted by Gasteiger charge is 2.23. The first-order chi connectivity index (χ1) is 8.22. The molecule has 0 aliphatic carbocycles. The predicted octanol–water partition coefficient (Wildman–Crippen LogP) is 1.01. The van der Waals surface area contributed by atoms with Gasteiger partial charge in [-0.05, 0) is 18.2 Å². The molecule has 5 heteroatoms. The Morgan fingerprint density at radius 2 is 2.41 bits per heavy atom. The maximum atomic E-state index is 13.4. The normalized spacial score (nSPS) is 20.0. The smallest absolute Gasteiger partial charge is 0.192 e. The maximum Gasteiger partial charge on any atom is 0.192 e. The van der Waals surface area contributed by atoms with Crippen molar-refractivity contribution in [2.75, 3.05) is 26.8 Å². The van der Waals surface area contributed by atoms with Crippen LogP contribution in [0.1, 0.15) is 10.4 Å². The lowest BCUT2D eigenvalue weighted by molar-refractivity contribution is 0.0269. The first-order valence-electron chi connectivity index (χ1n) is 5.42. The second-order valence-electron chi connectivity index (χ2n) is 3.78. The highest BCUT2D eigenvalue weighted by atomic mass is 19.1. The number of rotatable bonds is 3. The molecule has 0 amide bonds. The van der Waals surface area contributed by atoms with E-state index in [1.807, 2.05) is 0 Å². The lowest BCUT2D eigenvalue weighted by atomic mass is 10.1. The summed E-state index contributed by atoms with van der Waals surface area (Å²) >= 11 is 0. The van der Waals surface area contributed by atoms with E-state index in [9.17, 15) is 9.18 Å². The third-order valence-electron chi connectivity index (χ3n) is 2.66. The number of carbonyl (C=O) groups excluding carboxylic acids is 1. The summed E-state index contributed by atoms with van der Waals surface area (Å²) in [5, 5.41) is 3.06. The molecule has 0 radical (unpaired) electrons. The molecule has 0 bridgehead atoms. The molecule has 92 valence electrons. The lowest BCUT2D eigenvalue weighted by Crippen LogP contribution is -2.43. The van der Waals surface area contributed by atoms with E-state index in [1.54, 1.807) is 6.07 Å². The number of carbonyl (C=O) groups is 1. The summed E-state index contributed by atoms with van der Waals surface area (Å²) < 4.78 is 23.6. The third-order valence-corrected chi connectivity index (χ3v) is 2.66. The van der Waals surface area contributed by atoms with E-state index in [0.717, 1.165) is 6.54 Å². The van der Waals surface area contributed by atoms with Gasteiger partial charge in [-0.2, -0.15) is 0 Å².